The van der Waals surface area contributed by atoms with Gasteiger partial charge >= 0.3 is 0 Å². The first kappa shape index (κ1) is 16.5. The molecule has 5 heteroatoms. The molecule has 0 unspecified atom stereocenters. The van der Waals surface area contributed by atoms with Crippen LogP contribution in [0.4, 0.5) is 0 Å². The van der Waals surface area contributed by atoms with Crippen LogP contribution in [0.25, 0.3) is 0 Å². The van der Waals surface area contributed by atoms with E-state index in [9.17, 15) is 4.79 Å². The summed E-state index contributed by atoms with van der Waals surface area (Å²) in [7, 11) is 3.07. The molecule has 1 aromatic rings. The van der Waals surface area contributed by atoms with Crippen molar-refractivity contribution < 1.29 is 23.7 Å². The highest BCUT2D eigenvalue weighted by atomic mass is 16.7. The quantitative estimate of drug-likeness (QED) is 0.488. The second-order valence-electron chi connectivity index (χ2n) is 4.29. The van der Waals surface area contributed by atoms with E-state index in [0.29, 0.717) is 17.1 Å². The van der Waals surface area contributed by atoms with E-state index in [1.54, 1.807) is 6.07 Å². The van der Waals surface area contributed by atoms with Crippen molar-refractivity contribution in [3.05, 3.63) is 23.3 Å². The van der Waals surface area contributed by atoms with Gasteiger partial charge in [0.1, 0.15) is 11.5 Å². The molecular formula is C15H22O5. The third-order valence-electron chi connectivity index (χ3n) is 2.81. The van der Waals surface area contributed by atoms with Crippen LogP contribution in [0.2, 0.25) is 0 Å². The molecule has 0 saturated heterocycles. The third-order valence-corrected chi connectivity index (χ3v) is 2.81. The average Bonchev–Trinajstić information content (AvgIpc) is 2.48. The summed E-state index contributed by atoms with van der Waals surface area (Å²) >= 11 is 0. The van der Waals surface area contributed by atoms with Crippen molar-refractivity contribution in [2.75, 3.05) is 27.8 Å². The van der Waals surface area contributed by atoms with Gasteiger partial charge in [-0.25, -0.2) is 0 Å². The normalized spacial score (nSPS) is 10.3. The first-order chi connectivity index (χ1) is 9.78. The molecule has 0 amide bonds. The zero-order valence-electron chi connectivity index (χ0n) is 12.3. The van der Waals surface area contributed by atoms with Crippen molar-refractivity contribution in [2.45, 2.75) is 26.2 Å². The predicted octanol–water partition coefficient (Wildman–Crippen LogP) is 2.81. The molecule has 0 aliphatic heterocycles. The molecule has 5 nitrogen and oxygen atoms in total. The number of hydrogen-bond acceptors (Lipinski definition) is 5. The maximum Gasteiger partial charge on any atom is 0.188 e. The van der Waals surface area contributed by atoms with Gasteiger partial charge in [0.15, 0.2) is 19.9 Å². The Morgan fingerprint density at radius 3 is 2.40 bits per heavy atom. The summed E-state index contributed by atoms with van der Waals surface area (Å²) in [6.07, 6.45) is 3.69. The van der Waals surface area contributed by atoms with Crippen LogP contribution in [0.3, 0.4) is 0 Å². The van der Waals surface area contributed by atoms with Gasteiger partial charge in [-0.2, -0.15) is 0 Å². The lowest BCUT2D eigenvalue weighted by molar-refractivity contribution is 0.0445. The molecule has 0 saturated carbocycles. The molecule has 0 bridgehead atoms. The summed E-state index contributed by atoms with van der Waals surface area (Å²) in [5.41, 5.74) is 1.38. The number of ether oxygens (including phenoxy) is 4. The van der Waals surface area contributed by atoms with E-state index in [4.69, 9.17) is 18.9 Å². The summed E-state index contributed by atoms with van der Waals surface area (Å²) < 4.78 is 20.7. The van der Waals surface area contributed by atoms with Gasteiger partial charge in [0.05, 0.1) is 5.56 Å². The van der Waals surface area contributed by atoms with Crippen molar-refractivity contribution in [2.24, 2.45) is 0 Å². The molecule has 1 rings (SSSR count). The van der Waals surface area contributed by atoms with E-state index < -0.39 is 0 Å². The van der Waals surface area contributed by atoms with Gasteiger partial charge < -0.3 is 18.9 Å². The molecule has 0 fully saturated rings. The van der Waals surface area contributed by atoms with Crippen LogP contribution in [-0.4, -0.2) is 34.1 Å². The van der Waals surface area contributed by atoms with Crippen LogP contribution in [-0.2, 0) is 15.9 Å². The van der Waals surface area contributed by atoms with Crippen molar-refractivity contribution in [3.8, 4) is 11.5 Å². The van der Waals surface area contributed by atoms with E-state index in [1.807, 2.05) is 6.07 Å². The molecule has 112 valence electrons. The Morgan fingerprint density at radius 2 is 1.80 bits per heavy atom. The van der Waals surface area contributed by atoms with Crippen molar-refractivity contribution in [1.29, 1.82) is 0 Å². The highest BCUT2D eigenvalue weighted by Gasteiger charge is 2.15. The molecule has 1 aromatic carbocycles. The monoisotopic (exact) mass is 282 g/mol. The number of carbonyl (C=O) groups is 1. The first-order valence-corrected chi connectivity index (χ1v) is 6.63. The van der Waals surface area contributed by atoms with Gasteiger partial charge in [0.25, 0.3) is 0 Å². The van der Waals surface area contributed by atoms with Gasteiger partial charge in [-0.3, -0.25) is 4.79 Å². The fraction of sp³-hybridized carbons (Fsp3) is 0.533. The Morgan fingerprint density at radius 1 is 1.10 bits per heavy atom. The van der Waals surface area contributed by atoms with E-state index in [1.165, 1.54) is 14.2 Å². The molecule has 0 spiro atoms. The average molecular weight is 282 g/mol. The van der Waals surface area contributed by atoms with Crippen LogP contribution in [0.1, 0.15) is 35.7 Å². The highest BCUT2D eigenvalue weighted by molar-refractivity contribution is 5.84. The van der Waals surface area contributed by atoms with E-state index in [-0.39, 0.29) is 13.6 Å². The molecule has 0 heterocycles. The molecule has 0 aliphatic rings. The lowest BCUT2D eigenvalue weighted by atomic mass is 10.0. The molecular weight excluding hydrogens is 260 g/mol. The van der Waals surface area contributed by atoms with Crippen molar-refractivity contribution in [3.63, 3.8) is 0 Å². The fourth-order valence-corrected chi connectivity index (χ4v) is 1.84. The molecule has 0 radical (unpaired) electrons. The maximum absolute atomic E-state index is 11.4. The molecule has 20 heavy (non-hydrogen) atoms. The second kappa shape index (κ2) is 9.34. The summed E-state index contributed by atoms with van der Waals surface area (Å²) in [5.74, 6) is 0.983. The van der Waals surface area contributed by atoms with Gasteiger partial charge in [-0.1, -0.05) is 19.4 Å². The molecule has 0 atom stereocenters. The molecule has 0 aromatic heterocycles. The van der Waals surface area contributed by atoms with Crippen LogP contribution in [0.15, 0.2) is 12.1 Å². The number of methoxy groups -OCH3 is 2. The predicted molar refractivity (Wildman–Crippen MR) is 75.4 cm³/mol. The van der Waals surface area contributed by atoms with Crippen LogP contribution >= 0.6 is 0 Å². The number of aryl methyl sites for hydroxylation is 1. The van der Waals surface area contributed by atoms with Gasteiger partial charge in [0, 0.05) is 14.2 Å². The zero-order chi connectivity index (χ0) is 14.8. The topological polar surface area (TPSA) is 54.0 Å². The fourth-order valence-electron chi connectivity index (χ4n) is 1.84. The van der Waals surface area contributed by atoms with Crippen molar-refractivity contribution >= 4 is 6.29 Å². The van der Waals surface area contributed by atoms with Crippen LogP contribution in [0, 0.1) is 0 Å². The Labute approximate surface area is 119 Å². The summed E-state index contributed by atoms with van der Waals surface area (Å²) in [6, 6.07) is 3.69. The highest BCUT2D eigenvalue weighted by Crippen LogP contribution is 2.32. The number of carbonyl (C=O) groups excluding carboxylic acids is 1. The van der Waals surface area contributed by atoms with E-state index in [0.717, 1.165) is 31.1 Å². The lowest BCUT2D eigenvalue weighted by Gasteiger charge is -2.16. The standard InChI is InChI=1S/C15H22O5/c1-4-5-6-12-7-8-14(19-10-17-2)13(9-16)15(12)20-11-18-3/h7-9H,4-6,10-11H2,1-3H3. The van der Waals surface area contributed by atoms with Crippen molar-refractivity contribution in [1.82, 2.24) is 0 Å². The van der Waals surface area contributed by atoms with Gasteiger partial charge in [-0.15, -0.1) is 0 Å². The van der Waals surface area contributed by atoms with Gasteiger partial charge in [0.2, 0.25) is 0 Å². The molecule has 0 N–H and O–H groups in total. The maximum atomic E-state index is 11.4. The zero-order valence-corrected chi connectivity index (χ0v) is 12.3. The Hall–Kier alpha value is -1.59. The Bertz CT molecular complexity index is 417. The SMILES string of the molecule is CCCCc1ccc(OCOC)c(C=O)c1OCOC. The summed E-state index contributed by atoms with van der Waals surface area (Å²) in [6.45, 7) is 2.29. The summed E-state index contributed by atoms with van der Waals surface area (Å²) in [5, 5.41) is 0. The smallest absolute Gasteiger partial charge is 0.188 e. The number of unbranched alkanes of at least 4 members (excludes halogenated alkanes) is 1. The largest absolute Gasteiger partial charge is 0.467 e. The minimum Gasteiger partial charge on any atom is -0.467 e. The number of aldehydes is 1. The van der Waals surface area contributed by atoms with Crippen LogP contribution < -0.4 is 9.47 Å². The van der Waals surface area contributed by atoms with Crippen LogP contribution in [0.5, 0.6) is 11.5 Å². The number of hydrogen-bond donors (Lipinski definition) is 0. The number of benzene rings is 1. The molecule has 0 aliphatic carbocycles. The third kappa shape index (κ3) is 4.51. The minimum atomic E-state index is 0.0822. The minimum absolute atomic E-state index is 0.0822. The van der Waals surface area contributed by atoms with E-state index >= 15 is 0 Å². The second-order valence-corrected chi connectivity index (χ2v) is 4.29. The van der Waals surface area contributed by atoms with E-state index in [2.05, 4.69) is 6.92 Å². The Kier molecular flexibility index (Phi) is 7.69. The lowest BCUT2D eigenvalue weighted by Crippen LogP contribution is -2.08. The number of rotatable bonds is 10. The van der Waals surface area contributed by atoms with Gasteiger partial charge in [-0.05, 0) is 24.5 Å². The summed E-state index contributed by atoms with van der Waals surface area (Å²) in [4.78, 5) is 11.4. The first-order valence-electron chi connectivity index (χ1n) is 6.63. The Balaban J connectivity index is 3.08.